The summed E-state index contributed by atoms with van der Waals surface area (Å²) < 4.78 is 0. The van der Waals surface area contributed by atoms with Gasteiger partial charge >= 0.3 is 32.7 Å². The van der Waals surface area contributed by atoms with Gasteiger partial charge in [-0.2, -0.15) is 0 Å². The van der Waals surface area contributed by atoms with Gasteiger partial charge in [-0.15, -0.1) is 0 Å². The Hall–Kier alpha value is 1.87. The topological polar surface area (TPSA) is 0 Å². The molecule has 0 atom stereocenters. The Bertz CT molecular complexity index is 221. The van der Waals surface area contributed by atoms with E-state index in [9.17, 15) is 0 Å². The van der Waals surface area contributed by atoms with Crippen molar-refractivity contribution in [3.05, 3.63) is 66.6 Å². The summed E-state index contributed by atoms with van der Waals surface area (Å²) in [6, 6.07) is 0. The van der Waals surface area contributed by atoms with Crippen molar-refractivity contribution in [2.45, 2.75) is 85.7 Å². The van der Waals surface area contributed by atoms with Crippen molar-refractivity contribution in [3.8, 4) is 0 Å². The Labute approximate surface area is 203 Å². The summed E-state index contributed by atoms with van der Waals surface area (Å²) in [7, 11) is 0. The van der Waals surface area contributed by atoms with E-state index in [0.29, 0.717) is 0 Å². The summed E-state index contributed by atoms with van der Waals surface area (Å²) in [4.78, 5) is 0. The second kappa shape index (κ2) is 14.8. The molecule has 0 saturated heterocycles. The quantitative estimate of drug-likeness (QED) is 0.205. The van der Waals surface area contributed by atoms with Crippen LogP contribution in [-0.2, 0) is 0 Å². The largest absolute Gasteiger partial charge is 0 e. The molecule has 2 rings (SSSR count). The third-order valence-corrected chi connectivity index (χ3v) is 5.62. The minimum atomic E-state index is -0.479. The van der Waals surface area contributed by atoms with Crippen molar-refractivity contribution < 1.29 is 36.9 Å². The first-order valence-corrected chi connectivity index (χ1v) is 16.5. The maximum atomic E-state index is 2.35. The minimum absolute atomic E-state index is 0. The van der Waals surface area contributed by atoms with Gasteiger partial charge in [-0.05, 0) is 59.2 Å². The van der Waals surface area contributed by atoms with Gasteiger partial charge in [-0.25, -0.2) is 0 Å². The number of rotatable bonds is 0. The van der Waals surface area contributed by atoms with Crippen molar-refractivity contribution in [1.82, 2.24) is 0 Å². The van der Waals surface area contributed by atoms with Crippen LogP contribution in [0.2, 0.25) is 16.4 Å². The maximum absolute atomic E-state index is 2.35. The van der Waals surface area contributed by atoms with Gasteiger partial charge in [-0.1, -0.05) is 69.2 Å². The van der Waals surface area contributed by atoms with E-state index in [2.05, 4.69) is 85.7 Å². The van der Waals surface area contributed by atoms with Crippen molar-refractivity contribution in [2.75, 3.05) is 0 Å². The van der Waals surface area contributed by atoms with E-state index in [1.807, 2.05) is 0 Å². The third kappa shape index (κ3) is 9.13. The molecule has 0 nitrogen and oxygen atoms in total. The van der Waals surface area contributed by atoms with Crippen molar-refractivity contribution >= 4 is 16.2 Å². The van der Waals surface area contributed by atoms with Crippen LogP contribution in [0.3, 0.4) is 0 Å². The van der Waals surface area contributed by atoms with Crippen LogP contribution in [0.5, 0.6) is 0 Å². The average Bonchev–Trinajstić information content (AvgIpc) is 2.78. The second-order valence-corrected chi connectivity index (χ2v) is 15.2. The molecule has 157 valence electrons. The minimum Gasteiger partial charge on any atom is 0 e. The summed E-state index contributed by atoms with van der Waals surface area (Å²) >= 11 is -0.479. The predicted octanol–water partition coefficient (Wildman–Crippen LogP) is 7.76. The van der Waals surface area contributed by atoms with Crippen LogP contribution in [-0.4, -0.2) is 16.2 Å². The standard InChI is InChI=1S/2C10H15.4CH3.Ga.Lu/c2*1-6-7(2)9(4)10(5)8(6)3;;;;;;/h2*1-5H3;4*1H3;;/q;;;;;-1;;. The molecule has 0 amide bonds. The van der Waals surface area contributed by atoms with Crippen LogP contribution < -0.4 is 0 Å². The normalized spacial score (nSPS) is 23.0. The summed E-state index contributed by atoms with van der Waals surface area (Å²) in [5.74, 6) is 14.7. The predicted molar refractivity (Wildman–Crippen MR) is 119 cm³/mol. The van der Waals surface area contributed by atoms with Crippen LogP contribution in [0.1, 0.15) is 69.2 Å². The molecule has 2 heteroatoms. The van der Waals surface area contributed by atoms with Gasteiger partial charge in [0.2, 0.25) is 0 Å². The molecule has 0 spiro atoms. The molecule has 0 aromatic rings. The summed E-state index contributed by atoms with van der Waals surface area (Å²) in [6.07, 6.45) is 0. The van der Waals surface area contributed by atoms with Crippen LogP contribution in [0.4, 0.5) is 0 Å². The first-order valence-electron chi connectivity index (χ1n) is 9.23. The van der Waals surface area contributed by atoms with Gasteiger partial charge in [0.25, 0.3) is 0 Å². The molecule has 0 aromatic heterocycles. The van der Waals surface area contributed by atoms with E-state index in [1.54, 1.807) is 0 Å². The molecule has 0 aromatic carbocycles. The SMILES string of the molecule is C[C]1[C](C)[C](C)[C](C)[C]1C.C[C]1[C](C)[C](C)[C](C)[C]1C.[CH3-].[CH3][Ga]([CH3])[CH3].[Lu]. The zero-order valence-corrected chi connectivity index (χ0v) is 23.9. The molecular weight excluding hydrogens is 533 g/mol. The van der Waals surface area contributed by atoms with Gasteiger partial charge in [0.1, 0.15) is 0 Å². The smallest absolute Gasteiger partial charge is 0 e. The van der Waals surface area contributed by atoms with E-state index in [1.165, 1.54) is 59.2 Å². The molecule has 26 heavy (non-hydrogen) atoms. The third-order valence-electron chi connectivity index (χ3n) is 5.62. The Morgan fingerprint density at radius 2 is 0.385 bits per heavy atom. The van der Waals surface area contributed by atoms with Crippen LogP contribution in [0.25, 0.3) is 0 Å². The fraction of sp³-hybridized carbons (Fsp3) is 0.542. The second-order valence-electron chi connectivity index (χ2n) is 7.98. The first-order chi connectivity index (χ1) is 10.8. The zero-order valence-electron chi connectivity index (χ0n) is 19.8. The summed E-state index contributed by atoms with van der Waals surface area (Å²) in [6.45, 7) is 22.0. The Balaban J connectivity index is -0.000000319. The van der Waals surface area contributed by atoms with Crippen molar-refractivity contribution in [2.24, 2.45) is 0 Å². The molecule has 11 radical (unpaired) electrons. The molecule has 2 fully saturated rings. The molecule has 0 heterocycles. The van der Waals surface area contributed by atoms with E-state index < -0.39 is 16.2 Å². The monoisotopic (exact) mass is 574 g/mol. The van der Waals surface area contributed by atoms with Crippen LogP contribution in [0, 0.1) is 103 Å². The van der Waals surface area contributed by atoms with Gasteiger partial charge in [0, 0.05) is 36.9 Å². The molecule has 0 N–H and O–H groups in total. The Morgan fingerprint density at radius 3 is 0.423 bits per heavy atom. The first kappa shape index (κ1) is 32.5. The van der Waals surface area contributed by atoms with Crippen LogP contribution in [0.15, 0.2) is 0 Å². The Kier molecular flexibility index (Phi) is 18.5. The molecule has 2 aliphatic carbocycles. The number of hydrogen-bond donors (Lipinski definition) is 0. The van der Waals surface area contributed by atoms with Crippen molar-refractivity contribution in [1.29, 1.82) is 0 Å². The Morgan fingerprint density at radius 1 is 0.346 bits per heavy atom. The molecular formula is C24H42GaLu-. The van der Waals surface area contributed by atoms with Crippen LogP contribution >= 0.6 is 0 Å². The summed E-state index contributed by atoms with van der Waals surface area (Å²) in [5.41, 5.74) is 7.06. The van der Waals surface area contributed by atoms with E-state index in [-0.39, 0.29) is 44.3 Å². The molecule has 0 aliphatic heterocycles. The molecule has 0 unspecified atom stereocenters. The van der Waals surface area contributed by atoms with Gasteiger partial charge in [0.15, 0.2) is 0 Å². The fourth-order valence-corrected chi connectivity index (χ4v) is 2.81. The average molecular weight is 575 g/mol. The van der Waals surface area contributed by atoms with Crippen molar-refractivity contribution in [3.63, 3.8) is 0 Å². The van der Waals surface area contributed by atoms with Gasteiger partial charge in [-0.3, -0.25) is 0 Å². The van der Waals surface area contributed by atoms with E-state index in [0.717, 1.165) is 0 Å². The molecule has 2 aliphatic rings. The zero-order chi connectivity index (χ0) is 19.4. The molecule has 2 saturated carbocycles. The summed E-state index contributed by atoms with van der Waals surface area (Å²) in [5, 5.41) is 0. The fourth-order valence-electron chi connectivity index (χ4n) is 2.81. The van der Waals surface area contributed by atoms with E-state index in [4.69, 9.17) is 0 Å². The molecule has 0 bridgehead atoms. The van der Waals surface area contributed by atoms with E-state index >= 15 is 0 Å². The maximum Gasteiger partial charge on any atom is 0 e. The number of hydrogen-bond acceptors (Lipinski definition) is 0. The van der Waals surface area contributed by atoms with Gasteiger partial charge in [0.05, 0.1) is 0 Å². The van der Waals surface area contributed by atoms with Gasteiger partial charge < -0.3 is 7.43 Å².